The topological polar surface area (TPSA) is 65.2 Å². The third-order valence-electron chi connectivity index (χ3n) is 2.03. The lowest BCUT2D eigenvalue weighted by molar-refractivity contribution is 0.436. The number of aryl methyl sites for hydroxylation is 2. The van der Waals surface area contributed by atoms with E-state index >= 15 is 0 Å². The van der Waals surface area contributed by atoms with Gasteiger partial charge in [-0.05, 0) is 38.4 Å². The molecule has 0 bridgehead atoms. The molecule has 68 valence electrons. The molecular weight excluding hydrogens is 152 g/mol. The van der Waals surface area contributed by atoms with Gasteiger partial charge in [0.25, 0.3) is 0 Å². The van der Waals surface area contributed by atoms with E-state index in [1.165, 1.54) is 0 Å². The molecule has 0 aliphatic rings. The second-order valence-electron chi connectivity index (χ2n) is 3.07. The number of hydrogen-bond acceptors (Lipinski definition) is 3. The molecular formula is C9H16N2O. The fourth-order valence-electron chi connectivity index (χ4n) is 1.11. The van der Waals surface area contributed by atoms with Gasteiger partial charge >= 0.3 is 0 Å². The summed E-state index contributed by atoms with van der Waals surface area (Å²) < 4.78 is 5.45. The van der Waals surface area contributed by atoms with E-state index in [0.717, 1.165) is 23.5 Å². The van der Waals surface area contributed by atoms with Gasteiger partial charge in [0.2, 0.25) is 0 Å². The second-order valence-corrected chi connectivity index (χ2v) is 3.07. The van der Waals surface area contributed by atoms with Crippen LogP contribution in [0.15, 0.2) is 10.5 Å². The van der Waals surface area contributed by atoms with E-state index in [-0.39, 0.29) is 6.04 Å². The van der Waals surface area contributed by atoms with Gasteiger partial charge in [0.15, 0.2) is 0 Å². The minimum atomic E-state index is -0.0533. The summed E-state index contributed by atoms with van der Waals surface area (Å²) in [7, 11) is 0. The summed E-state index contributed by atoms with van der Waals surface area (Å²) in [5.74, 6) is 1.79. The van der Waals surface area contributed by atoms with Crippen LogP contribution in [0.5, 0.6) is 0 Å². The Morgan fingerprint density at radius 2 is 2.17 bits per heavy atom. The Labute approximate surface area is 72.7 Å². The fraction of sp³-hybridized carbons (Fsp3) is 0.556. The molecule has 0 amide bonds. The van der Waals surface area contributed by atoms with Gasteiger partial charge in [-0.15, -0.1) is 0 Å². The number of hydrogen-bond donors (Lipinski definition) is 2. The van der Waals surface area contributed by atoms with E-state index in [4.69, 9.17) is 15.9 Å². The van der Waals surface area contributed by atoms with Crippen LogP contribution in [0.1, 0.15) is 29.5 Å². The predicted molar refractivity (Wildman–Crippen MR) is 48.8 cm³/mol. The zero-order chi connectivity index (χ0) is 9.14. The maximum atomic E-state index is 5.81. The predicted octanol–water partition coefficient (Wildman–Crippen LogP) is 1.25. The average Bonchev–Trinajstić information content (AvgIpc) is 2.33. The maximum absolute atomic E-state index is 5.81. The van der Waals surface area contributed by atoms with Gasteiger partial charge in [0.05, 0.1) is 6.04 Å². The second kappa shape index (κ2) is 3.74. The van der Waals surface area contributed by atoms with E-state index in [1.54, 1.807) is 0 Å². The van der Waals surface area contributed by atoms with Crippen LogP contribution < -0.4 is 11.5 Å². The van der Waals surface area contributed by atoms with Crippen molar-refractivity contribution in [3.8, 4) is 0 Å². The lowest BCUT2D eigenvalue weighted by Crippen LogP contribution is -2.14. The molecule has 1 aromatic rings. The molecule has 0 radical (unpaired) electrons. The van der Waals surface area contributed by atoms with Gasteiger partial charge in [-0.25, -0.2) is 0 Å². The molecule has 0 saturated heterocycles. The molecule has 0 spiro atoms. The lowest BCUT2D eigenvalue weighted by atomic mass is 10.1. The van der Waals surface area contributed by atoms with Gasteiger partial charge < -0.3 is 15.9 Å². The normalized spacial score (nSPS) is 13.3. The minimum absolute atomic E-state index is 0.0533. The monoisotopic (exact) mass is 168 g/mol. The molecule has 1 rings (SSSR count). The molecule has 0 aliphatic carbocycles. The van der Waals surface area contributed by atoms with Crippen LogP contribution in [0.2, 0.25) is 0 Å². The number of rotatable bonds is 3. The Balaban J connectivity index is 2.74. The van der Waals surface area contributed by atoms with Gasteiger partial charge in [-0.1, -0.05) is 0 Å². The molecule has 0 aliphatic heterocycles. The largest absolute Gasteiger partial charge is 0.464 e. The molecule has 0 unspecified atom stereocenters. The van der Waals surface area contributed by atoms with Crippen LogP contribution in [0.3, 0.4) is 0 Å². The molecule has 0 saturated carbocycles. The van der Waals surface area contributed by atoms with Gasteiger partial charge in [-0.2, -0.15) is 0 Å². The van der Waals surface area contributed by atoms with Crippen molar-refractivity contribution >= 4 is 0 Å². The van der Waals surface area contributed by atoms with Crippen LogP contribution >= 0.6 is 0 Å². The van der Waals surface area contributed by atoms with Crippen molar-refractivity contribution in [3.05, 3.63) is 23.2 Å². The van der Waals surface area contributed by atoms with Crippen LogP contribution in [-0.4, -0.2) is 6.54 Å². The molecule has 4 N–H and O–H groups in total. The molecule has 12 heavy (non-hydrogen) atoms. The van der Waals surface area contributed by atoms with E-state index in [0.29, 0.717) is 6.54 Å². The highest BCUT2D eigenvalue weighted by atomic mass is 16.3. The van der Waals surface area contributed by atoms with Crippen molar-refractivity contribution in [2.24, 2.45) is 11.5 Å². The summed E-state index contributed by atoms with van der Waals surface area (Å²) in [5.41, 5.74) is 12.4. The Morgan fingerprint density at radius 1 is 1.50 bits per heavy atom. The summed E-state index contributed by atoms with van der Waals surface area (Å²) in [4.78, 5) is 0. The Bertz CT molecular complexity index is 236. The number of nitrogens with two attached hydrogens (primary N) is 2. The Hall–Kier alpha value is -0.800. The fourth-order valence-corrected chi connectivity index (χ4v) is 1.11. The third kappa shape index (κ3) is 1.87. The molecule has 3 nitrogen and oxygen atoms in total. The first kappa shape index (κ1) is 9.29. The standard InChI is InChI=1S/C9H16N2O/c1-6-5-9(12-7(6)2)8(11)3-4-10/h5,8H,3-4,10-11H2,1-2H3/t8-/m0/s1. The zero-order valence-corrected chi connectivity index (χ0v) is 7.63. The minimum Gasteiger partial charge on any atom is -0.464 e. The zero-order valence-electron chi connectivity index (χ0n) is 7.63. The van der Waals surface area contributed by atoms with Crippen molar-refractivity contribution in [3.63, 3.8) is 0 Å². The third-order valence-corrected chi connectivity index (χ3v) is 2.03. The summed E-state index contributed by atoms with van der Waals surface area (Å²) in [6.07, 6.45) is 0.770. The Kier molecular flexibility index (Phi) is 2.89. The maximum Gasteiger partial charge on any atom is 0.121 e. The number of furan rings is 1. The average molecular weight is 168 g/mol. The van der Waals surface area contributed by atoms with Crippen LogP contribution in [0, 0.1) is 13.8 Å². The van der Waals surface area contributed by atoms with Gasteiger partial charge in [-0.3, -0.25) is 0 Å². The van der Waals surface area contributed by atoms with Crippen LogP contribution in [0.25, 0.3) is 0 Å². The quantitative estimate of drug-likeness (QED) is 0.713. The summed E-state index contributed by atoms with van der Waals surface area (Å²) >= 11 is 0. The van der Waals surface area contributed by atoms with Crippen molar-refractivity contribution < 1.29 is 4.42 Å². The first-order valence-corrected chi connectivity index (χ1v) is 4.17. The van der Waals surface area contributed by atoms with Gasteiger partial charge in [0.1, 0.15) is 11.5 Å². The highest BCUT2D eigenvalue weighted by molar-refractivity contribution is 5.20. The first-order chi connectivity index (χ1) is 5.65. The summed E-state index contributed by atoms with van der Waals surface area (Å²) in [6.45, 7) is 4.55. The molecule has 0 aromatic carbocycles. The first-order valence-electron chi connectivity index (χ1n) is 4.17. The molecule has 1 heterocycles. The Morgan fingerprint density at radius 3 is 2.58 bits per heavy atom. The van der Waals surface area contributed by atoms with Crippen molar-refractivity contribution in [1.82, 2.24) is 0 Å². The SMILES string of the molecule is Cc1cc([C@@H](N)CCN)oc1C. The van der Waals surface area contributed by atoms with Crippen LogP contribution in [-0.2, 0) is 0 Å². The lowest BCUT2D eigenvalue weighted by Gasteiger charge is -2.05. The summed E-state index contributed by atoms with van der Waals surface area (Å²) in [6, 6.07) is 1.93. The highest BCUT2D eigenvalue weighted by Gasteiger charge is 2.10. The summed E-state index contributed by atoms with van der Waals surface area (Å²) in [5, 5.41) is 0. The van der Waals surface area contributed by atoms with E-state index < -0.39 is 0 Å². The molecule has 0 fully saturated rings. The molecule has 1 atom stereocenters. The molecule has 3 heteroatoms. The van der Waals surface area contributed by atoms with Crippen molar-refractivity contribution in [2.75, 3.05) is 6.54 Å². The van der Waals surface area contributed by atoms with E-state index in [9.17, 15) is 0 Å². The van der Waals surface area contributed by atoms with E-state index in [2.05, 4.69) is 0 Å². The highest BCUT2D eigenvalue weighted by Crippen LogP contribution is 2.19. The smallest absolute Gasteiger partial charge is 0.121 e. The van der Waals surface area contributed by atoms with Crippen molar-refractivity contribution in [1.29, 1.82) is 0 Å². The van der Waals surface area contributed by atoms with E-state index in [1.807, 2.05) is 19.9 Å². The van der Waals surface area contributed by atoms with Gasteiger partial charge in [0, 0.05) is 0 Å². The molecule has 1 aromatic heterocycles. The van der Waals surface area contributed by atoms with Crippen LogP contribution in [0.4, 0.5) is 0 Å². The van der Waals surface area contributed by atoms with Crippen molar-refractivity contribution in [2.45, 2.75) is 26.3 Å².